The number of nitrogens with zero attached hydrogens (tertiary/aromatic N) is 3. The fraction of sp³-hybridized carbons (Fsp3) is 0.750. The summed E-state index contributed by atoms with van der Waals surface area (Å²) in [6, 6.07) is 0. The van der Waals surface area contributed by atoms with E-state index in [1.54, 1.807) is 11.3 Å². The number of piperazine rings is 1. The van der Waals surface area contributed by atoms with E-state index in [-0.39, 0.29) is 23.9 Å². The highest BCUT2D eigenvalue weighted by molar-refractivity contribution is 7.13. The first-order valence-electron chi connectivity index (χ1n) is 11.7. The summed E-state index contributed by atoms with van der Waals surface area (Å²) in [5, 5.41) is 14.9. The molecule has 0 spiro atoms. The molecule has 3 aliphatic rings. The van der Waals surface area contributed by atoms with E-state index in [2.05, 4.69) is 34.7 Å². The largest absolute Gasteiger partial charge is 0.458 e. The maximum absolute atomic E-state index is 11.8. The van der Waals surface area contributed by atoms with E-state index in [1.165, 1.54) is 6.92 Å². The first-order chi connectivity index (χ1) is 14.8. The number of rotatable bonds is 5. The summed E-state index contributed by atoms with van der Waals surface area (Å²) < 4.78 is 5.54. The van der Waals surface area contributed by atoms with Gasteiger partial charge in [-0.3, -0.25) is 9.69 Å². The van der Waals surface area contributed by atoms with Gasteiger partial charge in [0.15, 0.2) is 5.13 Å². The normalized spacial score (nSPS) is 35.3. The lowest BCUT2D eigenvalue weighted by Gasteiger charge is -2.53. The molecule has 2 aliphatic carbocycles. The average Bonchev–Trinajstić information content (AvgIpc) is 3.25. The first-order valence-corrected chi connectivity index (χ1v) is 12.6. The fourth-order valence-corrected chi connectivity index (χ4v) is 6.73. The molecule has 2 fully saturated rings. The molecule has 4 rings (SSSR count). The number of carbonyl (C=O) groups is 1. The lowest BCUT2D eigenvalue weighted by molar-refractivity contribution is -0.159. The number of hydrogen-bond donors (Lipinski definition) is 1. The number of anilines is 1. The molecule has 1 aromatic heterocycles. The van der Waals surface area contributed by atoms with Crippen LogP contribution in [0.2, 0.25) is 0 Å². The lowest BCUT2D eigenvalue weighted by atomic mass is 9.57. The number of ether oxygens (including phenoxy) is 1. The highest BCUT2D eigenvalue weighted by Crippen LogP contribution is 2.51. The van der Waals surface area contributed by atoms with Crippen LogP contribution in [-0.2, 0) is 9.53 Å². The Morgan fingerprint density at radius 1 is 1.35 bits per heavy atom. The molecule has 1 aliphatic heterocycles. The Labute approximate surface area is 190 Å². The Kier molecular flexibility index (Phi) is 6.75. The van der Waals surface area contributed by atoms with Crippen LogP contribution in [0.25, 0.3) is 0 Å². The van der Waals surface area contributed by atoms with Crippen molar-refractivity contribution in [3.8, 4) is 0 Å². The molecule has 31 heavy (non-hydrogen) atoms. The second-order valence-corrected chi connectivity index (χ2v) is 10.8. The zero-order valence-electron chi connectivity index (χ0n) is 19.3. The van der Waals surface area contributed by atoms with E-state index >= 15 is 0 Å². The van der Waals surface area contributed by atoms with Crippen molar-refractivity contribution in [2.75, 3.05) is 37.6 Å². The third-order valence-corrected chi connectivity index (χ3v) is 8.77. The Bertz CT molecular complexity index is 790. The van der Waals surface area contributed by atoms with Gasteiger partial charge in [-0.25, -0.2) is 4.98 Å². The summed E-state index contributed by atoms with van der Waals surface area (Å²) >= 11 is 1.71. The first kappa shape index (κ1) is 22.7. The molecule has 172 valence electrons. The quantitative estimate of drug-likeness (QED) is 0.550. The highest BCUT2D eigenvalue weighted by Gasteiger charge is 2.52. The van der Waals surface area contributed by atoms with Crippen LogP contribution in [0.1, 0.15) is 47.0 Å². The maximum atomic E-state index is 11.8. The molecule has 6 nitrogen and oxygen atoms in total. The van der Waals surface area contributed by atoms with Gasteiger partial charge in [0.1, 0.15) is 6.10 Å². The SMILES string of the molecule is CC(=O)O[C@@H]1C[C@@]2(O)[C@H](C)CC[C@@H]([C@H](C)CN3CCN(c4nccs4)CC3)[C@H]2C=C1C. The minimum Gasteiger partial charge on any atom is -0.458 e. The second-order valence-electron chi connectivity index (χ2n) is 9.95. The van der Waals surface area contributed by atoms with Crippen molar-refractivity contribution in [2.24, 2.45) is 23.7 Å². The zero-order valence-corrected chi connectivity index (χ0v) is 20.1. The number of aliphatic hydroxyl groups is 1. The van der Waals surface area contributed by atoms with Gasteiger partial charge in [-0.15, -0.1) is 11.3 Å². The molecule has 1 saturated heterocycles. The van der Waals surface area contributed by atoms with Crippen LogP contribution < -0.4 is 4.90 Å². The summed E-state index contributed by atoms with van der Waals surface area (Å²) in [6.45, 7) is 13.3. The minimum absolute atomic E-state index is 0.134. The molecule has 1 aromatic rings. The van der Waals surface area contributed by atoms with Crippen LogP contribution in [0.15, 0.2) is 23.2 Å². The van der Waals surface area contributed by atoms with Crippen molar-refractivity contribution in [3.63, 3.8) is 0 Å². The van der Waals surface area contributed by atoms with Crippen molar-refractivity contribution >= 4 is 22.4 Å². The molecular weight excluding hydrogens is 410 g/mol. The van der Waals surface area contributed by atoms with Gasteiger partial charge in [0.05, 0.1) is 5.60 Å². The van der Waals surface area contributed by atoms with Gasteiger partial charge in [0.2, 0.25) is 0 Å². The van der Waals surface area contributed by atoms with E-state index in [0.29, 0.717) is 18.3 Å². The smallest absolute Gasteiger partial charge is 0.303 e. The molecular formula is C24H37N3O3S. The van der Waals surface area contributed by atoms with E-state index in [4.69, 9.17) is 4.74 Å². The standard InChI is InChI=1S/C24H37N3O3S/c1-16-13-21-20(6-5-18(3)24(21,29)14-22(16)30-19(4)28)17(2)15-26-8-10-27(11-9-26)23-25-7-12-31-23/h7,12-13,17-18,20-22,29H,5-6,8-11,14-15H2,1-4H3/t17-,18-,20+,21-,22-,24-/m1/s1. The van der Waals surface area contributed by atoms with Crippen LogP contribution in [0.5, 0.6) is 0 Å². The van der Waals surface area contributed by atoms with Crippen LogP contribution >= 0.6 is 11.3 Å². The molecule has 2 heterocycles. The summed E-state index contributed by atoms with van der Waals surface area (Å²) in [6.07, 6.45) is 6.51. The highest BCUT2D eigenvalue weighted by atomic mass is 32.1. The predicted molar refractivity (Wildman–Crippen MR) is 124 cm³/mol. The van der Waals surface area contributed by atoms with Gasteiger partial charge in [-0.2, -0.15) is 0 Å². The van der Waals surface area contributed by atoms with Gasteiger partial charge in [0.25, 0.3) is 0 Å². The Morgan fingerprint density at radius 3 is 2.74 bits per heavy atom. The third kappa shape index (κ3) is 4.69. The number of fused-ring (bicyclic) bond motifs is 1. The van der Waals surface area contributed by atoms with Gasteiger partial charge < -0.3 is 14.7 Å². The van der Waals surface area contributed by atoms with E-state index < -0.39 is 5.60 Å². The molecule has 1 N–H and O–H groups in total. The van der Waals surface area contributed by atoms with Gasteiger partial charge in [0, 0.05) is 63.6 Å². The monoisotopic (exact) mass is 447 g/mol. The number of esters is 1. The van der Waals surface area contributed by atoms with Gasteiger partial charge in [-0.1, -0.05) is 19.9 Å². The molecule has 0 aromatic carbocycles. The van der Waals surface area contributed by atoms with Crippen LogP contribution in [-0.4, -0.2) is 65.4 Å². The lowest BCUT2D eigenvalue weighted by Crippen LogP contribution is -2.56. The fourth-order valence-electron chi connectivity index (χ4n) is 6.03. The van der Waals surface area contributed by atoms with Crippen molar-refractivity contribution in [3.05, 3.63) is 23.2 Å². The van der Waals surface area contributed by atoms with Crippen molar-refractivity contribution in [1.82, 2.24) is 9.88 Å². The maximum Gasteiger partial charge on any atom is 0.303 e. The molecule has 0 amide bonds. The van der Waals surface area contributed by atoms with Crippen LogP contribution in [0.4, 0.5) is 5.13 Å². The third-order valence-electron chi connectivity index (χ3n) is 7.93. The van der Waals surface area contributed by atoms with Crippen molar-refractivity contribution in [2.45, 2.75) is 58.7 Å². The predicted octanol–water partition coefficient (Wildman–Crippen LogP) is 3.58. The number of aromatic nitrogens is 1. The summed E-state index contributed by atoms with van der Waals surface area (Å²) in [5.41, 5.74) is 0.300. The van der Waals surface area contributed by atoms with Crippen molar-refractivity contribution < 1.29 is 14.6 Å². The summed E-state index contributed by atoms with van der Waals surface area (Å²) in [7, 11) is 0. The Morgan fingerprint density at radius 2 is 2.10 bits per heavy atom. The van der Waals surface area contributed by atoms with E-state index in [9.17, 15) is 9.90 Å². The molecule has 1 saturated carbocycles. The topological polar surface area (TPSA) is 65.9 Å². The van der Waals surface area contributed by atoms with Crippen molar-refractivity contribution in [1.29, 1.82) is 0 Å². The number of thiazole rings is 1. The molecule has 0 bridgehead atoms. The molecule has 7 heteroatoms. The summed E-state index contributed by atoms with van der Waals surface area (Å²) in [4.78, 5) is 21.0. The van der Waals surface area contributed by atoms with E-state index in [0.717, 1.165) is 56.3 Å². The Balaban J connectivity index is 1.42. The van der Waals surface area contributed by atoms with Gasteiger partial charge in [-0.05, 0) is 43.1 Å². The van der Waals surface area contributed by atoms with E-state index in [1.807, 2.05) is 18.5 Å². The Hall–Kier alpha value is -1.44. The average molecular weight is 448 g/mol. The molecule has 6 atom stereocenters. The number of carbonyl (C=O) groups excluding carboxylic acids is 1. The zero-order chi connectivity index (χ0) is 22.2. The number of hydrogen-bond acceptors (Lipinski definition) is 7. The summed E-state index contributed by atoms with van der Waals surface area (Å²) in [5.74, 6) is 1.03. The van der Waals surface area contributed by atoms with Crippen LogP contribution in [0, 0.1) is 23.7 Å². The second kappa shape index (κ2) is 9.20. The van der Waals surface area contributed by atoms with Gasteiger partial charge >= 0.3 is 5.97 Å². The molecule has 0 radical (unpaired) electrons. The van der Waals surface area contributed by atoms with Crippen LogP contribution in [0.3, 0.4) is 0 Å². The minimum atomic E-state index is -0.791. The molecule has 0 unspecified atom stereocenters.